The number of nitrogens with two attached hydrogens (primary N) is 1. The van der Waals surface area contributed by atoms with Gasteiger partial charge in [0.2, 0.25) is 5.89 Å². The molecule has 2 aromatic rings. The molecular weight excluding hydrogens is 224 g/mol. The second-order valence-corrected chi connectivity index (χ2v) is 4.17. The zero-order valence-electron chi connectivity index (χ0n) is 8.88. The molecular formula is C10H12N4OS. The lowest BCUT2D eigenvalue weighted by molar-refractivity contribution is 0.378. The third kappa shape index (κ3) is 2.73. The first-order chi connectivity index (χ1) is 7.78. The Morgan fingerprint density at radius 1 is 1.44 bits per heavy atom. The maximum Gasteiger partial charge on any atom is 0.226 e. The number of anilines is 1. The van der Waals surface area contributed by atoms with Gasteiger partial charge < -0.3 is 10.3 Å². The fraction of sp³-hybridized carbons (Fsp3) is 0.300. The van der Waals surface area contributed by atoms with E-state index < -0.39 is 0 Å². The van der Waals surface area contributed by atoms with Gasteiger partial charge in [-0.15, -0.1) is 0 Å². The largest absolute Gasteiger partial charge is 0.397 e. The predicted octanol–water partition coefficient (Wildman–Crippen LogP) is 1.90. The van der Waals surface area contributed by atoms with Crippen LogP contribution in [0.15, 0.2) is 27.9 Å². The number of nitrogen functional groups attached to an aromatic ring is 1. The minimum Gasteiger partial charge on any atom is -0.397 e. The molecule has 0 amide bonds. The van der Waals surface area contributed by atoms with Gasteiger partial charge in [-0.3, -0.25) is 0 Å². The van der Waals surface area contributed by atoms with E-state index in [2.05, 4.69) is 15.1 Å². The van der Waals surface area contributed by atoms with E-state index in [1.165, 1.54) is 0 Å². The molecule has 0 aliphatic carbocycles. The molecule has 2 aromatic heterocycles. The van der Waals surface area contributed by atoms with E-state index in [1.807, 2.05) is 19.1 Å². The van der Waals surface area contributed by atoms with Crippen molar-refractivity contribution in [1.82, 2.24) is 15.1 Å². The Morgan fingerprint density at radius 3 is 2.94 bits per heavy atom. The van der Waals surface area contributed by atoms with Crippen LogP contribution >= 0.6 is 11.8 Å². The van der Waals surface area contributed by atoms with Gasteiger partial charge in [-0.05, 0) is 12.1 Å². The molecule has 0 fully saturated rings. The average molecular weight is 236 g/mol. The van der Waals surface area contributed by atoms with Gasteiger partial charge in [0.05, 0.1) is 22.7 Å². The fourth-order valence-corrected chi connectivity index (χ4v) is 1.79. The zero-order valence-corrected chi connectivity index (χ0v) is 9.70. The normalized spacial score (nSPS) is 10.6. The van der Waals surface area contributed by atoms with Gasteiger partial charge in [-0.1, -0.05) is 23.8 Å². The van der Waals surface area contributed by atoms with Gasteiger partial charge in [-0.2, -0.15) is 4.98 Å². The lowest BCUT2D eigenvalue weighted by Crippen LogP contribution is -1.89. The van der Waals surface area contributed by atoms with Crippen LogP contribution in [0.5, 0.6) is 0 Å². The third-order valence-corrected chi connectivity index (χ3v) is 2.86. The molecule has 0 aliphatic heterocycles. The Labute approximate surface area is 97.5 Å². The second-order valence-electron chi connectivity index (χ2n) is 3.18. The van der Waals surface area contributed by atoms with E-state index in [9.17, 15) is 0 Å². The maximum absolute atomic E-state index is 5.54. The Balaban J connectivity index is 1.94. The first-order valence-corrected chi connectivity index (χ1v) is 5.92. The molecule has 0 aliphatic rings. The summed E-state index contributed by atoms with van der Waals surface area (Å²) in [6.45, 7) is 1.98. The van der Waals surface area contributed by atoms with Crippen LogP contribution in [-0.2, 0) is 12.2 Å². The smallest absolute Gasteiger partial charge is 0.226 e. The molecule has 2 heterocycles. The molecule has 0 unspecified atom stereocenters. The Hall–Kier alpha value is -1.56. The number of hydrogen-bond donors (Lipinski definition) is 1. The number of aryl methyl sites for hydroxylation is 1. The van der Waals surface area contributed by atoms with Crippen LogP contribution in [0.4, 0.5) is 5.69 Å². The Kier molecular flexibility index (Phi) is 3.40. The van der Waals surface area contributed by atoms with Crippen molar-refractivity contribution in [1.29, 1.82) is 0 Å². The molecule has 2 rings (SSSR count). The van der Waals surface area contributed by atoms with E-state index in [0.29, 0.717) is 23.2 Å². The lowest BCUT2D eigenvalue weighted by atomic mass is 10.4. The molecule has 0 saturated carbocycles. The molecule has 5 nitrogen and oxygen atoms in total. The van der Waals surface area contributed by atoms with Gasteiger partial charge in [0.1, 0.15) is 0 Å². The summed E-state index contributed by atoms with van der Waals surface area (Å²) in [5.74, 6) is 2.02. The van der Waals surface area contributed by atoms with Crippen molar-refractivity contribution in [3.63, 3.8) is 0 Å². The highest BCUT2D eigenvalue weighted by atomic mass is 32.2. The molecule has 6 heteroatoms. The number of thioether (sulfide) groups is 1. The summed E-state index contributed by atoms with van der Waals surface area (Å²) < 4.78 is 5.01. The third-order valence-electron chi connectivity index (χ3n) is 1.92. The molecule has 16 heavy (non-hydrogen) atoms. The highest BCUT2D eigenvalue weighted by Gasteiger charge is 2.05. The quantitative estimate of drug-likeness (QED) is 0.817. The van der Waals surface area contributed by atoms with Crippen molar-refractivity contribution in [3.8, 4) is 0 Å². The molecule has 0 radical (unpaired) electrons. The number of aromatic nitrogens is 3. The monoisotopic (exact) mass is 236 g/mol. The van der Waals surface area contributed by atoms with E-state index in [0.717, 1.165) is 11.4 Å². The summed E-state index contributed by atoms with van der Waals surface area (Å²) in [6, 6.07) is 3.70. The minimum atomic E-state index is 0.653. The standard InChI is InChI=1S/C10H12N4OS/c1-2-9-13-8(14-15-9)6-16-10-4-3-7(11)5-12-10/h3-5H,2,6,11H2,1H3. The van der Waals surface area contributed by atoms with Crippen molar-refractivity contribution in [3.05, 3.63) is 30.0 Å². The summed E-state index contributed by atoms with van der Waals surface area (Å²) in [5.41, 5.74) is 6.21. The van der Waals surface area contributed by atoms with Crippen molar-refractivity contribution < 1.29 is 4.52 Å². The summed E-state index contributed by atoms with van der Waals surface area (Å²) in [7, 11) is 0. The molecule has 84 valence electrons. The van der Waals surface area contributed by atoms with Crippen LogP contribution in [0.25, 0.3) is 0 Å². The van der Waals surface area contributed by atoms with Crippen LogP contribution in [0.1, 0.15) is 18.6 Å². The number of pyridine rings is 1. The zero-order chi connectivity index (χ0) is 11.4. The van der Waals surface area contributed by atoms with Crippen LogP contribution < -0.4 is 5.73 Å². The fourth-order valence-electron chi connectivity index (χ4n) is 1.11. The first-order valence-electron chi connectivity index (χ1n) is 4.93. The molecule has 0 aromatic carbocycles. The van der Waals surface area contributed by atoms with Gasteiger partial charge in [0.15, 0.2) is 5.82 Å². The van der Waals surface area contributed by atoms with Gasteiger partial charge in [0.25, 0.3) is 0 Å². The van der Waals surface area contributed by atoms with Crippen LogP contribution in [0, 0.1) is 0 Å². The first kappa shape index (κ1) is 10.9. The summed E-state index contributed by atoms with van der Waals surface area (Å²) >= 11 is 1.55. The summed E-state index contributed by atoms with van der Waals surface area (Å²) in [5, 5.41) is 4.76. The number of rotatable bonds is 4. The minimum absolute atomic E-state index is 0.653. The second kappa shape index (κ2) is 4.98. The van der Waals surface area contributed by atoms with Crippen LogP contribution in [0.2, 0.25) is 0 Å². The number of hydrogen-bond acceptors (Lipinski definition) is 6. The van der Waals surface area contributed by atoms with Crippen molar-refractivity contribution in [2.24, 2.45) is 0 Å². The number of nitrogens with zero attached hydrogens (tertiary/aromatic N) is 3. The van der Waals surface area contributed by atoms with E-state index in [-0.39, 0.29) is 0 Å². The highest BCUT2D eigenvalue weighted by Crippen LogP contribution is 2.19. The van der Waals surface area contributed by atoms with Crippen LogP contribution in [0.3, 0.4) is 0 Å². The molecule has 0 spiro atoms. The predicted molar refractivity (Wildman–Crippen MR) is 61.9 cm³/mol. The van der Waals surface area contributed by atoms with E-state index in [4.69, 9.17) is 10.3 Å². The average Bonchev–Trinajstić information content (AvgIpc) is 2.76. The molecule has 2 N–H and O–H groups in total. The topological polar surface area (TPSA) is 77.8 Å². The van der Waals surface area contributed by atoms with Gasteiger partial charge in [0, 0.05) is 6.42 Å². The van der Waals surface area contributed by atoms with E-state index >= 15 is 0 Å². The molecule has 0 bridgehead atoms. The van der Waals surface area contributed by atoms with Crippen LogP contribution in [-0.4, -0.2) is 15.1 Å². The lowest BCUT2D eigenvalue weighted by Gasteiger charge is -1.97. The van der Waals surface area contributed by atoms with Crippen molar-refractivity contribution in [2.45, 2.75) is 24.1 Å². The maximum atomic E-state index is 5.54. The van der Waals surface area contributed by atoms with Crippen molar-refractivity contribution >= 4 is 17.4 Å². The van der Waals surface area contributed by atoms with Crippen molar-refractivity contribution in [2.75, 3.05) is 5.73 Å². The molecule has 0 atom stereocenters. The van der Waals surface area contributed by atoms with E-state index in [1.54, 1.807) is 18.0 Å². The Morgan fingerprint density at radius 2 is 2.31 bits per heavy atom. The SMILES string of the molecule is CCc1nc(CSc2ccc(N)cn2)no1. The highest BCUT2D eigenvalue weighted by molar-refractivity contribution is 7.98. The van der Waals surface area contributed by atoms with Gasteiger partial charge >= 0.3 is 0 Å². The van der Waals surface area contributed by atoms with Gasteiger partial charge in [-0.25, -0.2) is 4.98 Å². The summed E-state index contributed by atoms with van der Waals surface area (Å²) in [6.07, 6.45) is 2.40. The molecule has 0 saturated heterocycles. The summed E-state index contributed by atoms with van der Waals surface area (Å²) in [4.78, 5) is 8.38. The Bertz CT molecular complexity index is 454.